The summed E-state index contributed by atoms with van der Waals surface area (Å²) in [7, 11) is 1.30. The van der Waals surface area contributed by atoms with E-state index in [0.29, 0.717) is 23.3 Å². The number of carbonyl (C=O) groups excluding carboxylic acids is 2. The SMILES string of the molecule is COC(=O)C(C)(C)COc1c(C)cc(C2=NNC(=O)CC2C)cc1F. The Kier molecular flexibility index (Phi) is 5.45. The van der Waals surface area contributed by atoms with Gasteiger partial charge in [0.2, 0.25) is 5.91 Å². The number of hydrogen-bond donors (Lipinski definition) is 1. The van der Waals surface area contributed by atoms with E-state index in [2.05, 4.69) is 10.5 Å². The number of nitrogens with zero attached hydrogens (tertiary/aromatic N) is 1. The number of carbonyl (C=O) groups is 2. The molecule has 1 heterocycles. The lowest BCUT2D eigenvalue weighted by molar-refractivity contribution is -0.152. The Hall–Kier alpha value is -2.44. The maximum atomic E-state index is 14.5. The van der Waals surface area contributed by atoms with E-state index in [1.54, 1.807) is 26.8 Å². The molecule has 0 spiro atoms. The van der Waals surface area contributed by atoms with Crippen LogP contribution in [0.5, 0.6) is 5.75 Å². The van der Waals surface area contributed by atoms with Gasteiger partial charge in [0.1, 0.15) is 6.61 Å². The van der Waals surface area contributed by atoms with E-state index >= 15 is 0 Å². The van der Waals surface area contributed by atoms with E-state index in [-0.39, 0.29) is 24.2 Å². The number of amides is 1. The summed E-state index contributed by atoms with van der Waals surface area (Å²) in [6.07, 6.45) is 0.311. The first-order valence-corrected chi connectivity index (χ1v) is 8.04. The van der Waals surface area contributed by atoms with Gasteiger partial charge in [-0.3, -0.25) is 9.59 Å². The molecule has 1 aromatic rings. The van der Waals surface area contributed by atoms with Crippen LogP contribution in [0.3, 0.4) is 0 Å². The van der Waals surface area contributed by atoms with Gasteiger partial charge in [0.05, 0.1) is 18.2 Å². The second-order valence-electron chi connectivity index (χ2n) is 6.91. The minimum absolute atomic E-state index is 0.00974. The van der Waals surface area contributed by atoms with Crippen molar-refractivity contribution in [1.82, 2.24) is 5.43 Å². The summed E-state index contributed by atoms with van der Waals surface area (Å²) in [5.74, 6) is -1.13. The molecule has 0 fully saturated rings. The van der Waals surface area contributed by atoms with Crippen molar-refractivity contribution in [2.75, 3.05) is 13.7 Å². The first-order chi connectivity index (χ1) is 11.7. The van der Waals surface area contributed by atoms with Gasteiger partial charge in [0.15, 0.2) is 11.6 Å². The molecule has 6 nitrogen and oxygen atoms in total. The van der Waals surface area contributed by atoms with Crippen molar-refractivity contribution in [2.24, 2.45) is 16.4 Å². The zero-order valence-corrected chi connectivity index (χ0v) is 15.1. The van der Waals surface area contributed by atoms with Crippen LogP contribution in [0.15, 0.2) is 17.2 Å². The first kappa shape index (κ1) is 18.9. The molecule has 0 radical (unpaired) electrons. The number of aryl methyl sites for hydroxylation is 1. The molecule has 136 valence electrons. The molecule has 7 heteroatoms. The lowest BCUT2D eigenvalue weighted by Crippen LogP contribution is -2.33. The average molecular weight is 350 g/mol. The van der Waals surface area contributed by atoms with Gasteiger partial charge in [0, 0.05) is 17.9 Å². The first-order valence-electron chi connectivity index (χ1n) is 8.04. The Morgan fingerprint density at radius 3 is 2.68 bits per heavy atom. The van der Waals surface area contributed by atoms with Gasteiger partial charge in [-0.25, -0.2) is 9.82 Å². The third-order valence-electron chi connectivity index (χ3n) is 4.10. The fourth-order valence-electron chi connectivity index (χ4n) is 2.65. The monoisotopic (exact) mass is 350 g/mol. The highest BCUT2D eigenvalue weighted by Crippen LogP contribution is 2.29. The van der Waals surface area contributed by atoms with Crippen molar-refractivity contribution in [1.29, 1.82) is 0 Å². The van der Waals surface area contributed by atoms with Crippen LogP contribution in [0.25, 0.3) is 0 Å². The fraction of sp³-hybridized carbons (Fsp3) is 0.500. The summed E-state index contributed by atoms with van der Waals surface area (Å²) in [5.41, 5.74) is 3.34. The zero-order valence-electron chi connectivity index (χ0n) is 15.1. The molecule has 0 saturated heterocycles. The van der Waals surface area contributed by atoms with Gasteiger partial charge in [-0.15, -0.1) is 0 Å². The summed E-state index contributed by atoms with van der Waals surface area (Å²) in [6.45, 7) is 6.92. The summed E-state index contributed by atoms with van der Waals surface area (Å²) in [5, 5.41) is 4.04. The normalized spacial score (nSPS) is 17.6. The smallest absolute Gasteiger partial charge is 0.314 e. The van der Waals surface area contributed by atoms with Crippen LogP contribution >= 0.6 is 0 Å². The highest BCUT2D eigenvalue weighted by atomic mass is 19.1. The van der Waals surface area contributed by atoms with Crippen LogP contribution in [0, 0.1) is 24.1 Å². The number of hydrogen-bond acceptors (Lipinski definition) is 5. The molecule has 1 N–H and O–H groups in total. The van der Waals surface area contributed by atoms with Crippen molar-refractivity contribution < 1.29 is 23.5 Å². The number of rotatable bonds is 5. The van der Waals surface area contributed by atoms with Gasteiger partial charge in [0.25, 0.3) is 0 Å². The van der Waals surface area contributed by atoms with Crippen molar-refractivity contribution in [2.45, 2.75) is 34.1 Å². The molecule has 1 atom stereocenters. The van der Waals surface area contributed by atoms with E-state index in [9.17, 15) is 14.0 Å². The second-order valence-corrected chi connectivity index (χ2v) is 6.91. The largest absolute Gasteiger partial charge is 0.489 e. The number of hydrazone groups is 1. The van der Waals surface area contributed by atoms with Crippen molar-refractivity contribution in [3.8, 4) is 5.75 Å². The van der Waals surface area contributed by atoms with E-state index in [1.165, 1.54) is 13.2 Å². The third-order valence-corrected chi connectivity index (χ3v) is 4.10. The molecule has 1 aliphatic rings. The predicted octanol–water partition coefficient (Wildman–Crippen LogP) is 2.57. The topological polar surface area (TPSA) is 77.0 Å². The van der Waals surface area contributed by atoms with Crippen LogP contribution in [-0.4, -0.2) is 31.3 Å². The molecule has 1 unspecified atom stereocenters. The molecule has 0 saturated carbocycles. The highest BCUT2D eigenvalue weighted by molar-refractivity contribution is 6.05. The van der Waals surface area contributed by atoms with Crippen LogP contribution in [0.4, 0.5) is 4.39 Å². The maximum Gasteiger partial charge on any atom is 0.314 e. The summed E-state index contributed by atoms with van der Waals surface area (Å²) in [6, 6.07) is 3.09. The molecule has 25 heavy (non-hydrogen) atoms. The summed E-state index contributed by atoms with van der Waals surface area (Å²) >= 11 is 0. The molecule has 0 aromatic heterocycles. The quantitative estimate of drug-likeness (QED) is 0.828. The Bertz CT molecular complexity index is 705. The lowest BCUT2D eigenvalue weighted by Gasteiger charge is -2.23. The van der Waals surface area contributed by atoms with Gasteiger partial charge in [-0.2, -0.15) is 5.10 Å². The molecular formula is C18H23FN2O4. The summed E-state index contributed by atoms with van der Waals surface area (Å²) in [4.78, 5) is 23.0. The third kappa shape index (κ3) is 4.15. The molecule has 1 aromatic carbocycles. The van der Waals surface area contributed by atoms with Crippen LogP contribution in [0.1, 0.15) is 38.3 Å². The van der Waals surface area contributed by atoms with E-state index in [1.807, 2.05) is 6.92 Å². The van der Waals surface area contributed by atoms with Crippen LogP contribution in [-0.2, 0) is 14.3 Å². The zero-order chi connectivity index (χ0) is 18.8. The number of nitrogens with one attached hydrogen (secondary N) is 1. The number of methoxy groups -OCH3 is 1. The molecule has 0 aliphatic carbocycles. The molecule has 2 rings (SSSR count). The minimum Gasteiger partial charge on any atom is -0.489 e. The number of ether oxygens (including phenoxy) is 2. The predicted molar refractivity (Wildman–Crippen MR) is 90.9 cm³/mol. The number of esters is 1. The highest BCUT2D eigenvalue weighted by Gasteiger charge is 2.30. The minimum atomic E-state index is -0.890. The van der Waals surface area contributed by atoms with E-state index in [0.717, 1.165) is 0 Å². The Morgan fingerprint density at radius 1 is 1.44 bits per heavy atom. The standard InChI is InChI=1S/C18H23FN2O4/c1-10-7-14(22)20-21-15(10)12-6-11(2)16(13(19)8-12)25-9-18(3,4)17(23)24-5/h6,8,10H,7,9H2,1-5H3,(H,20,22). The summed E-state index contributed by atoms with van der Waals surface area (Å²) < 4.78 is 24.8. The Morgan fingerprint density at radius 2 is 2.12 bits per heavy atom. The van der Waals surface area contributed by atoms with E-state index < -0.39 is 17.2 Å². The van der Waals surface area contributed by atoms with Gasteiger partial charge in [-0.1, -0.05) is 6.92 Å². The Labute approximate surface area is 146 Å². The van der Waals surface area contributed by atoms with Gasteiger partial charge in [-0.05, 0) is 38.5 Å². The Balaban J connectivity index is 2.23. The molecule has 1 aliphatic heterocycles. The average Bonchev–Trinajstić information content (AvgIpc) is 2.52. The van der Waals surface area contributed by atoms with Crippen molar-refractivity contribution in [3.63, 3.8) is 0 Å². The molecule has 1 amide bonds. The van der Waals surface area contributed by atoms with Crippen LogP contribution in [0.2, 0.25) is 0 Å². The number of benzene rings is 1. The number of halogens is 1. The van der Waals surface area contributed by atoms with Gasteiger partial charge < -0.3 is 9.47 Å². The molecule has 0 bridgehead atoms. The van der Waals surface area contributed by atoms with Crippen molar-refractivity contribution >= 4 is 17.6 Å². The molecular weight excluding hydrogens is 327 g/mol. The van der Waals surface area contributed by atoms with Crippen LogP contribution < -0.4 is 10.2 Å². The van der Waals surface area contributed by atoms with Gasteiger partial charge >= 0.3 is 5.97 Å². The van der Waals surface area contributed by atoms with Crippen molar-refractivity contribution in [3.05, 3.63) is 29.1 Å². The lowest BCUT2D eigenvalue weighted by atomic mass is 9.93. The fourth-order valence-corrected chi connectivity index (χ4v) is 2.65. The second kappa shape index (κ2) is 7.21. The van der Waals surface area contributed by atoms with E-state index in [4.69, 9.17) is 9.47 Å². The maximum absolute atomic E-state index is 14.5.